The van der Waals surface area contributed by atoms with Gasteiger partial charge in [0, 0.05) is 13.1 Å². The standard InChI is InChI=1S/C11H15N5O4S2/c1-3-15(4-2)22(19,20)11-8(5-6-21-11)10-12-13-14-16(10)7-9(17)18/h5-6H,3-4,7H2,1-2H3,(H,17,18). The topological polar surface area (TPSA) is 118 Å². The minimum absolute atomic E-state index is 0.109. The van der Waals surface area contributed by atoms with Crippen molar-refractivity contribution in [3.63, 3.8) is 0 Å². The second-order valence-electron chi connectivity index (χ2n) is 4.26. The Labute approximate surface area is 131 Å². The zero-order valence-electron chi connectivity index (χ0n) is 12.0. The largest absolute Gasteiger partial charge is 0.480 e. The van der Waals surface area contributed by atoms with Crippen molar-refractivity contribution in [2.45, 2.75) is 24.6 Å². The van der Waals surface area contributed by atoms with E-state index in [1.54, 1.807) is 25.3 Å². The fourth-order valence-corrected chi connectivity index (χ4v) is 4.91. The zero-order chi connectivity index (χ0) is 16.3. The van der Waals surface area contributed by atoms with Crippen LogP contribution in [0.1, 0.15) is 13.8 Å². The van der Waals surface area contributed by atoms with E-state index in [0.29, 0.717) is 18.7 Å². The van der Waals surface area contributed by atoms with Crippen LogP contribution in [-0.4, -0.2) is 57.1 Å². The van der Waals surface area contributed by atoms with Crippen molar-refractivity contribution < 1.29 is 18.3 Å². The van der Waals surface area contributed by atoms with E-state index in [1.165, 1.54) is 4.31 Å². The van der Waals surface area contributed by atoms with E-state index in [1.807, 2.05) is 0 Å². The summed E-state index contributed by atoms with van der Waals surface area (Å²) in [6.45, 7) is 3.75. The number of hydrogen-bond acceptors (Lipinski definition) is 7. The molecule has 0 aliphatic heterocycles. The lowest BCUT2D eigenvalue weighted by Gasteiger charge is -2.18. The highest BCUT2D eigenvalue weighted by Crippen LogP contribution is 2.32. The maximum Gasteiger partial charge on any atom is 0.325 e. The Morgan fingerprint density at radius 1 is 1.41 bits per heavy atom. The Morgan fingerprint density at radius 2 is 2.09 bits per heavy atom. The quantitative estimate of drug-likeness (QED) is 0.777. The number of aliphatic carboxylic acids is 1. The third-order valence-corrected chi connectivity index (χ3v) is 6.48. The van der Waals surface area contributed by atoms with Crippen LogP contribution in [0.15, 0.2) is 15.7 Å². The fourth-order valence-electron chi connectivity index (χ4n) is 1.97. The first-order valence-corrected chi connectivity index (χ1v) is 8.79. The van der Waals surface area contributed by atoms with Gasteiger partial charge in [0.2, 0.25) is 0 Å². The number of rotatable bonds is 7. The molecule has 9 nitrogen and oxygen atoms in total. The highest BCUT2D eigenvalue weighted by atomic mass is 32.2. The maximum atomic E-state index is 12.6. The number of carboxylic acid groups (broad SMARTS) is 1. The predicted molar refractivity (Wildman–Crippen MR) is 78.9 cm³/mol. The first kappa shape index (κ1) is 16.5. The number of carbonyl (C=O) groups is 1. The Kier molecular flexibility index (Phi) is 4.88. The van der Waals surface area contributed by atoms with Gasteiger partial charge in [-0.15, -0.1) is 16.4 Å². The van der Waals surface area contributed by atoms with Gasteiger partial charge in [-0.1, -0.05) is 13.8 Å². The lowest BCUT2D eigenvalue weighted by atomic mass is 10.3. The van der Waals surface area contributed by atoms with Crippen LogP contribution in [-0.2, 0) is 21.4 Å². The van der Waals surface area contributed by atoms with Crippen LogP contribution in [0, 0.1) is 0 Å². The number of hydrogen-bond donors (Lipinski definition) is 1. The third kappa shape index (κ3) is 3.00. The van der Waals surface area contributed by atoms with Gasteiger partial charge in [-0.2, -0.15) is 4.31 Å². The van der Waals surface area contributed by atoms with Gasteiger partial charge >= 0.3 is 5.97 Å². The lowest BCUT2D eigenvalue weighted by Crippen LogP contribution is -2.30. The molecule has 0 aliphatic rings. The summed E-state index contributed by atoms with van der Waals surface area (Å²) in [5.74, 6) is -0.994. The molecule has 0 fully saturated rings. The Hall–Kier alpha value is -1.85. The van der Waals surface area contributed by atoms with E-state index in [9.17, 15) is 13.2 Å². The molecule has 0 saturated heterocycles. The van der Waals surface area contributed by atoms with Crippen LogP contribution in [0.3, 0.4) is 0 Å². The van der Waals surface area contributed by atoms with Crippen molar-refractivity contribution in [3.8, 4) is 11.4 Å². The molecule has 0 aromatic carbocycles. The van der Waals surface area contributed by atoms with Crippen molar-refractivity contribution in [3.05, 3.63) is 11.4 Å². The van der Waals surface area contributed by atoms with Crippen molar-refractivity contribution >= 4 is 27.3 Å². The Bertz CT molecular complexity index is 763. The second-order valence-corrected chi connectivity index (χ2v) is 7.31. The van der Waals surface area contributed by atoms with Gasteiger partial charge in [-0.3, -0.25) is 4.79 Å². The summed E-state index contributed by atoms with van der Waals surface area (Å²) in [4.78, 5) is 10.8. The molecule has 0 bridgehead atoms. The zero-order valence-corrected chi connectivity index (χ0v) is 13.6. The molecule has 11 heteroatoms. The molecule has 1 N–H and O–H groups in total. The molecule has 0 atom stereocenters. The minimum Gasteiger partial charge on any atom is -0.480 e. The minimum atomic E-state index is -3.66. The van der Waals surface area contributed by atoms with Gasteiger partial charge < -0.3 is 5.11 Å². The summed E-state index contributed by atoms with van der Waals surface area (Å²) in [6, 6.07) is 1.57. The molecule has 2 rings (SSSR count). The molecule has 0 saturated carbocycles. The molecule has 120 valence electrons. The number of nitrogens with zero attached hydrogens (tertiary/aromatic N) is 5. The number of carboxylic acids is 1. The van der Waals surface area contributed by atoms with E-state index in [0.717, 1.165) is 16.0 Å². The monoisotopic (exact) mass is 345 g/mol. The molecule has 0 spiro atoms. The average Bonchev–Trinajstić information content (AvgIpc) is 3.07. The van der Waals surface area contributed by atoms with Crippen LogP contribution in [0.5, 0.6) is 0 Å². The van der Waals surface area contributed by atoms with E-state index >= 15 is 0 Å². The number of tetrazole rings is 1. The van der Waals surface area contributed by atoms with Gasteiger partial charge in [0.25, 0.3) is 10.0 Å². The number of aromatic nitrogens is 4. The highest BCUT2D eigenvalue weighted by molar-refractivity contribution is 7.91. The van der Waals surface area contributed by atoms with Crippen LogP contribution in [0.4, 0.5) is 0 Å². The predicted octanol–water partition coefficient (Wildman–Crippen LogP) is 0.517. The van der Waals surface area contributed by atoms with Crippen molar-refractivity contribution in [2.24, 2.45) is 0 Å². The summed E-state index contributed by atoms with van der Waals surface area (Å²) >= 11 is 1.06. The van der Waals surface area contributed by atoms with E-state index in [-0.39, 0.29) is 10.0 Å². The van der Waals surface area contributed by atoms with Gasteiger partial charge in [0.1, 0.15) is 10.8 Å². The fraction of sp³-hybridized carbons (Fsp3) is 0.455. The summed E-state index contributed by atoms with van der Waals surface area (Å²) in [6.07, 6.45) is 0. The SMILES string of the molecule is CCN(CC)S(=O)(=O)c1sccc1-c1nnnn1CC(=O)O. The summed E-state index contributed by atoms with van der Waals surface area (Å²) in [5.41, 5.74) is 0.308. The molecular formula is C11H15N5O4S2. The Morgan fingerprint density at radius 3 is 2.68 bits per heavy atom. The van der Waals surface area contributed by atoms with Gasteiger partial charge in [0.15, 0.2) is 5.82 Å². The van der Waals surface area contributed by atoms with Crippen molar-refractivity contribution in [1.29, 1.82) is 0 Å². The van der Waals surface area contributed by atoms with E-state index < -0.39 is 22.5 Å². The average molecular weight is 345 g/mol. The van der Waals surface area contributed by atoms with Gasteiger partial charge in [-0.05, 0) is 21.9 Å². The lowest BCUT2D eigenvalue weighted by molar-refractivity contribution is -0.137. The van der Waals surface area contributed by atoms with Gasteiger partial charge in [-0.25, -0.2) is 13.1 Å². The summed E-state index contributed by atoms with van der Waals surface area (Å²) in [5, 5.41) is 21.3. The molecule has 2 aromatic rings. The normalized spacial score (nSPS) is 12.0. The summed E-state index contributed by atoms with van der Waals surface area (Å²) < 4.78 is 27.8. The van der Waals surface area contributed by atoms with Gasteiger partial charge in [0.05, 0.1) is 5.56 Å². The second kappa shape index (κ2) is 6.50. The molecule has 22 heavy (non-hydrogen) atoms. The smallest absolute Gasteiger partial charge is 0.325 e. The molecule has 0 aliphatic carbocycles. The van der Waals surface area contributed by atoms with E-state index in [2.05, 4.69) is 15.5 Å². The first-order chi connectivity index (χ1) is 10.4. The first-order valence-electron chi connectivity index (χ1n) is 6.47. The molecule has 0 unspecified atom stereocenters. The third-order valence-electron chi connectivity index (χ3n) is 2.97. The molecular weight excluding hydrogens is 330 g/mol. The van der Waals surface area contributed by atoms with E-state index in [4.69, 9.17) is 5.11 Å². The number of sulfonamides is 1. The van der Waals surface area contributed by atoms with Crippen LogP contribution in [0.25, 0.3) is 11.4 Å². The van der Waals surface area contributed by atoms with Crippen LogP contribution >= 0.6 is 11.3 Å². The molecule has 0 radical (unpaired) electrons. The highest BCUT2D eigenvalue weighted by Gasteiger charge is 2.29. The maximum absolute atomic E-state index is 12.6. The molecule has 0 amide bonds. The van der Waals surface area contributed by atoms with Crippen molar-refractivity contribution in [2.75, 3.05) is 13.1 Å². The van der Waals surface area contributed by atoms with Crippen LogP contribution < -0.4 is 0 Å². The Balaban J connectivity index is 2.51. The van der Waals surface area contributed by atoms with Crippen molar-refractivity contribution in [1.82, 2.24) is 24.5 Å². The number of thiophene rings is 1. The molecule has 2 heterocycles. The molecule has 2 aromatic heterocycles. The van der Waals surface area contributed by atoms with Crippen LogP contribution in [0.2, 0.25) is 0 Å². The summed E-state index contributed by atoms with van der Waals surface area (Å²) in [7, 11) is -3.66.